The minimum atomic E-state index is -0.345. The molecule has 0 atom stereocenters. The third kappa shape index (κ3) is 3.61. The van der Waals surface area contributed by atoms with Crippen LogP contribution in [-0.4, -0.2) is 31.7 Å². The van der Waals surface area contributed by atoms with Gasteiger partial charge in [0.15, 0.2) is 0 Å². The third-order valence-electron chi connectivity index (χ3n) is 5.68. The fourth-order valence-electron chi connectivity index (χ4n) is 3.93. The molecule has 0 unspecified atom stereocenters. The smallest absolute Gasteiger partial charge is 0.254 e. The van der Waals surface area contributed by atoms with Crippen LogP contribution in [0.25, 0.3) is 16.9 Å². The van der Waals surface area contributed by atoms with Crippen molar-refractivity contribution in [1.29, 1.82) is 0 Å². The van der Waals surface area contributed by atoms with Crippen molar-refractivity contribution in [2.45, 2.75) is 52.0 Å². The molecule has 0 bridgehead atoms. The number of nitrogens with one attached hydrogen (secondary N) is 1. The lowest BCUT2D eigenvalue weighted by molar-refractivity contribution is 0.0921. The second-order valence-corrected chi connectivity index (χ2v) is 7.53. The number of aromatic nitrogens is 4. The average molecular weight is 381 g/mol. The first-order valence-electron chi connectivity index (χ1n) is 9.83. The molecule has 3 aromatic rings. The van der Waals surface area contributed by atoms with Crippen molar-refractivity contribution in [3.63, 3.8) is 0 Å². The highest BCUT2D eigenvalue weighted by atomic mass is 19.1. The molecule has 1 aliphatic carbocycles. The number of aryl methyl sites for hydroxylation is 1. The van der Waals surface area contributed by atoms with Crippen LogP contribution >= 0.6 is 0 Å². The molecule has 0 radical (unpaired) electrons. The van der Waals surface area contributed by atoms with Crippen molar-refractivity contribution in [2.75, 3.05) is 0 Å². The van der Waals surface area contributed by atoms with Crippen LogP contribution in [-0.2, 0) is 0 Å². The highest BCUT2D eigenvalue weighted by Crippen LogP contribution is 2.26. The summed E-state index contributed by atoms with van der Waals surface area (Å²) in [7, 11) is 0. The average Bonchev–Trinajstić information content (AvgIpc) is 3.04. The van der Waals surface area contributed by atoms with Gasteiger partial charge in [-0.05, 0) is 50.7 Å². The van der Waals surface area contributed by atoms with Gasteiger partial charge in [0.05, 0.1) is 16.8 Å². The van der Waals surface area contributed by atoms with E-state index < -0.39 is 0 Å². The van der Waals surface area contributed by atoms with Crippen molar-refractivity contribution < 1.29 is 9.18 Å². The maximum Gasteiger partial charge on any atom is 0.254 e. The van der Waals surface area contributed by atoms with Crippen molar-refractivity contribution >= 4 is 16.8 Å². The van der Waals surface area contributed by atoms with Gasteiger partial charge in [-0.15, -0.1) is 0 Å². The van der Waals surface area contributed by atoms with Crippen LogP contribution in [0.5, 0.6) is 0 Å². The summed E-state index contributed by atoms with van der Waals surface area (Å²) in [5.41, 5.74) is 1.78. The largest absolute Gasteiger partial charge is 0.349 e. The number of hydrogen-bond donors (Lipinski definition) is 1. The number of halogens is 1. The Kier molecular flexibility index (Phi) is 5.07. The van der Waals surface area contributed by atoms with E-state index in [1.807, 2.05) is 6.92 Å². The molecule has 1 aliphatic rings. The molecule has 7 heteroatoms. The first-order chi connectivity index (χ1) is 13.5. The number of benzene rings is 1. The zero-order valence-corrected chi connectivity index (χ0v) is 16.2. The molecule has 1 fully saturated rings. The molecule has 2 heterocycles. The Morgan fingerprint density at radius 2 is 1.93 bits per heavy atom. The summed E-state index contributed by atoms with van der Waals surface area (Å²) in [5, 5.41) is 8.34. The SMILES string of the molecule is CCC1CCC(NC(=O)c2cnc(-n3nc(C)c4ccc(F)cc43)nc2)CC1. The van der Waals surface area contributed by atoms with E-state index in [9.17, 15) is 9.18 Å². The fraction of sp³-hybridized carbons (Fsp3) is 0.429. The molecular formula is C21H24FN5O. The summed E-state index contributed by atoms with van der Waals surface area (Å²) in [4.78, 5) is 21.1. The maximum atomic E-state index is 13.6. The third-order valence-corrected chi connectivity index (χ3v) is 5.68. The molecule has 4 rings (SSSR count). The lowest BCUT2D eigenvalue weighted by atomic mass is 9.84. The van der Waals surface area contributed by atoms with Gasteiger partial charge in [-0.1, -0.05) is 13.3 Å². The molecule has 1 amide bonds. The first kappa shape index (κ1) is 18.5. The van der Waals surface area contributed by atoms with Crippen molar-refractivity contribution in [3.8, 4) is 5.95 Å². The van der Waals surface area contributed by atoms with Gasteiger partial charge < -0.3 is 5.32 Å². The summed E-state index contributed by atoms with van der Waals surface area (Å²) < 4.78 is 15.1. The Morgan fingerprint density at radius 3 is 2.61 bits per heavy atom. The molecule has 0 saturated heterocycles. The molecule has 0 spiro atoms. The Balaban J connectivity index is 1.50. The van der Waals surface area contributed by atoms with Crippen LogP contribution in [0.4, 0.5) is 4.39 Å². The van der Waals surface area contributed by atoms with Crippen molar-refractivity contribution in [1.82, 2.24) is 25.1 Å². The number of amides is 1. The Hall–Kier alpha value is -2.83. The van der Waals surface area contributed by atoms with Gasteiger partial charge in [0.2, 0.25) is 0 Å². The topological polar surface area (TPSA) is 72.7 Å². The maximum absolute atomic E-state index is 13.6. The number of hydrogen-bond acceptors (Lipinski definition) is 4. The highest BCUT2D eigenvalue weighted by Gasteiger charge is 2.22. The monoisotopic (exact) mass is 381 g/mol. The van der Waals surface area contributed by atoms with E-state index in [1.54, 1.807) is 6.07 Å². The number of carbonyl (C=O) groups excluding carboxylic acids is 1. The molecule has 28 heavy (non-hydrogen) atoms. The van der Waals surface area contributed by atoms with Gasteiger partial charge in [0.1, 0.15) is 5.82 Å². The lowest BCUT2D eigenvalue weighted by Gasteiger charge is -2.28. The quantitative estimate of drug-likeness (QED) is 0.742. The molecule has 6 nitrogen and oxygen atoms in total. The van der Waals surface area contributed by atoms with Crippen molar-refractivity contribution in [3.05, 3.63) is 47.7 Å². The van der Waals surface area contributed by atoms with Gasteiger partial charge >= 0.3 is 0 Å². The van der Waals surface area contributed by atoms with Crippen LogP contribution < -0.4 is 5.32 Å². The van der Waals surface area contributed by atoms with E-state index in [-0.39, 0.29) is 17.8 Å². The van der Waals surface area contributed by atoms with Crippen LogP contribution in [0.1, 0.15) is 55.1 Å². The highest BCUT2D eigenvalue weighted by molar-refractivity contribution is 5.93. The predicted octanol–water partition coefficient (Wildman–Crippen LogP) is 3.96. The van der Waals surface area contributed by atoms with E-state index in [0.717, 1.165) is 29.8 Å². The summed E-state index contributed by atoms with van der Waals surface area (Å²) in [5.74, 6) is 0.596. The first-order valence-corrected chi connectivity index (χ1v) is 9.83. The van der Waals surface area contributed by atoms with E-state index in [4.69, 9.17) is 0 Å². The number of carbonyl (C=O) groups is 1. The fourth-order valence-corrected chi connectivity index (χ4v) is 3.93. The van der Waals surface area contributed by atoms with Gasteiger partial charge in [0, 0.05) is 29.9 Å². The van der Waals surface area contributed by atoms with Gasteiger partial charge in [-0.2, -0.15) is 9.78 Å². The van der Waals surface area contributed by atoms with Gasteiger partial charge in [0.25, 0.3) is 11.9 Å². The van der Waals surface area contributed by atoms with E-state index in [1.165, 1.54) is 48.5 Å². The number of nitrogens with zero attached hydrogens (tertiary/aromatic N) is 4. The summed E-state index contributed by atoms with van der Waals surface area (Å²) >= 11 is 0. The summed E-state index contributed by atoms with van der Waals surface area (Å²) in [6.07, 6.45) is 8.58. The Morgan fingerprint density at radius 1 is 1.21 bits per heavy atom. The predicted molar refractivity (Wildman–Crippen MR) is 105 cm³/mol. The zero-order chi connectivity index (χ0) is 19.7. The number of fused-ring (bicyclic) bond motifs is 1. The van der Waals surface area contributed by atoms with E-state index >= 15 is 0 Å². The normalized spacial score (nSPS) is 19.7. The van der Waals surface area contributed by atoms with Crippen molar-refractivity contribution in [2.24, 2.45) is 5.92 Å². The van der Waals surface area contributed by atoms with Gasteiger partial charge in [-0.3, -0.25) is 4.79 Å². The molecule has 1 N–H and O–H groups in total. The standard InChI is InChI=1S/C21H24FN5O/c1-3-14-4-7-17(8-5-14)25-20(28)15-11-23-21(24-12-15)27-19-10-16(22)6-9-18(19)13(2)26-27/h6,9-12,14,17H,3-5,7-8H2,1-2H3,(H,25,28). The lowest BCUT2D eigenvalue weighted by Crippen LogP contribution is -2.37. The molecule has 146 valence electrons. The Labute approximate surface area is 163 Å². The molecule has 1 aromatic carbocycles. The minimum Gasteiger partial charge on any atom is -0.349 e. The van der Waals surface area contributed by atoms with Crippen LogP contribution in [0.15, 0.2) is 30.6 Å². The minimum absolute atomic E-state index is 0.154. The molecule has 2 aromatic heterocycles. The molecule has 1 saturated carbocycles. The molecule has 0 aliphatic heterocycles. The summed E-state index contributed by atoms with van der Waals surface area (Å²) in [6, 6.07) is 4.73. The summed E-state index contributed by atoms with van der Waals surface area (Å²) in [6.45, 7) is 4.08. The Bertz CT molecular complexity index is 990. The second kappa shape index (κ2) is 7.66. The second-order valence-electron chi connectivity index (χ2n) is 7.53. The molecular weight excluding hydrogens is 357 g/mol. The zero-order valence-electron chi connectivity index (χ0n) is 16.2. The van der Waals surface area contributed by atoms with Gasteiger partial charge in [-0.25, -0.2) is 14.4 Å². The van der Waals surface area contributed by atoms with Crippen LogP contribution in [0.2, 0.25) is 0 Å². The van der Waals surface area contributed by atoms with Crippen LogP contribution in [0.3, 0.4) is 0 Å². The number of rotatable bonds is 4. The van der Waals surface area contributed by atoms with E-state index in [0.29, 0.717) is 17.0 Å². The van der Waals surface area contributed by atoms with Crippen LogP contribution in [0, 0.1) is 18.7 Å². The van der Waals surface area contributed by atoms with E-state index in [2.05, 4.69) is 27.3 Å².